The molecule has 0 fully saturated rings. The highest BCUT2D eigenvalue weighted by molar-refractivity contribution is 7.14. The highest BCUT2D eigenvalue weighted by Gasteiger charge is 2.15. The van der Waals surface area contributed by atoms with Crippen LogP contribution < -0.4 is 10.6 Å². The fourth-order valence-corrected chi connectivity index (χ4v) is 2.49. The van der Waals surface area contributed by atoms with E-state index < -0.39 is 17.0 Å². The van der Waals surface area contributed by atoms with Gasteiger partial charge in [-0.05, 0) is 17.7 Å². The van der Waals surface area contributed by atoms with Gasteiger partial charge in [0.1, 0.15) is 11.5 Å². The number of benzene rings is 1. The number of hydrogen-bond acceptors (Lipinski definition) is 4. The average Bonchev–Trinajstić information content (AvgIpc) is 2.84. The van der Waals surface area contributed by atoms with E-state index in [0.717, 1.165) is 0 Å². The van der Waals surface area contributed by atoms with Gasteiger partial charge in [0.25, 0.3) is 0 Å². The van der Waals surface area contributed by atoms with Crippen LogP contribution in [0.4, 0.5) is 18.7 Å². The van der Waals surface area contributed by atoms with Crippen LogP contribution in [0.15, 0.2) is 24.3 Å². The smallest absolute Gasteiger partial charge is 0.321 e. The highest BCUT2D eigenvalue weighted by atomic mass is 32.1. The Kier molecular flexibility index (Phi) is 5.80. The number of halogens is 2. The number of aromatic nitrogens is 1. The molecule has 0 aliphatic carbocycles. The third kappa shape index (κ3) is 4.98. The molecule has 0 atom stereocenters. The first-order chi connectivity index (χ1) is 11.3. The Morgan fingerprint density at radius 3 is 2.75 bits per heavy atom. The molecule has 6 nitrogen and oxygen atoms in total. The van der Waals surface area contributed by atoms with E-state index in [-0.39, 0.29) is 29.8 Å². The van der Waals surface area contributed by atoms with E-state index >= 15 is 0 Å². The first kappa shape index (κ1) is 17.8. The van der Waals surface area contributed by atoms with Crippen molar-refractivity contribution in [3.63, 3.8) is 0 Å². The van der Waals surface area contributed by atoms with Crippen molar-refractivity contribution in [1.29, 1.82) is 0 Å². The van der Waals surface area contributed by atoms with Gasteiger partial charge in [-0.3, -0.25) is 10.1 Å². The van der Waals surface area contributed by atoms with Crippen LogP contribution in [0.1, 0.15) is 18.2 Å². The van der Waals surface area contributed by atoms with Gasteiger partial charge >= 0.3 is 6.03 Å². The first-order valence-electron chi connectivity index (χ1n) is 7.01. The summed E-state index contributed by atoms with van der Waals surface area (Å²) in [6.07, 6.45) is 0. The summed E-state index contributed by atoms with van der Waals surface area (Å²) in [6, 6.07) is 5.24. The summed E-state index contributed by atoms with van der Waals surface area (Å²) in [5.41, 5.74) is 0.678. The lowest BCUT2D eigenvalue weighted by Crippen LogP contribution is -2.28. The summed E-state index contributed by atoms with van der Waals surface area (Å²) in [7, 11) is 1.53. The number of carbonyl (C=O) groups is 2. The van der Waals surface area contributed by atoms with Crippen LogP contribution in [0.2, 0.25) is 0 Å². The van der Waals surface area contributed by atoms with Gasteiger partial charge in [-0.15, -0.1) is 0 Å². The molecule has 1 aromatic heterocycles. The van der Waals surface area contributed by atoms with Crippen LogP contribution in [0.3, 0.4) is 0 Å². The maximum absolute atomic E-state index is 13.8. The van der Waals surface area contributed by atoms with E-state index in [0.29, 0.717) is 16.9 Å². The third-order valence-electron chi connectivity index (χ3n) is 3.14. The Balaban J connectivity index is 1.91. The van der Waals surface area contributed by atoms with Crippen LogP contribution in [-0.2, 0) is 17.9 Å². The second kappa shape index (κ2) is 7.82. The maximum Gasteiger partial charge on any atom is 0.321 e. The second-order valence-corrected chi connectivity index (χ2v) is 6.00. The molecule has 2 N–H and O–H groups in total. The molecule has 24 heavy (non-hydrogen) atoms. The zero-order valence-corrected chi connectivity index (χ0v) is 13.9. The third-order valence-corrected chi connectivity index (χ3v) is 3.94. The standard InChI is InChI=1S/C15H16F2N4O2S/c1-9(22)21(2)8-12-13(17)24-15(19-12)20-14(23)18-7-10-4-3-5-11(16)6-10/h3-6H,7-8H2,1-2H3,(H2,18,19,20,23). The van der Waals surface area contributed by atoms with Gasteiger partial charge in [-0.1, -0.05) is 23.5 Å². The minimum atomic E-state index is -0.584. The Hall–Kier alpha value is -2.55. The summed E-state index contributed by atoms with van der Waals surface area (Å²) in [4.78, 5) is 28.2. The van der Waals surface area contributed by atoms with Crippen LogP contribution in [0.25, 0.3) is 0 Å². The molecular formula is C15H16F2N4O2S. The minimum Gasteiger partial charge on any atom is -0.340 e. The predicted octanol–water partition coefficient (Wildman–Crippen LogP) is 2.72. The van der Waals surface area contributed by atoms with Gasteiger partial charge in [-0.2, -0.15) is 4.39 Å². The molecule has 0 radical (unpaired) electrons. The molecule has 0 bridgehead atoms. The van der Waals surface area contributed by atoms with Crippen LogP contribution in [0, 0.1) is 10.9 Å². The van der Waals surface area contributed by atoms with E-state index in [2.05, 4.69) is 15.6 Å². The molecule has 0 aliphatic heterocycles. The number of amides is 3. The van der Waals surface area contributed by atoms with Crippen molar-refractivity contribution in [2.75, 3.05) is 12.4 Å². The lowest BCUT2D eigenvalue weighted by Gasteiger charge is -2.12. The van der Waals surface area contributed by atoms with Crippen molar-refractivity contribution < 1.29 is 18.4 Å². The lowest BCUT2D eigenvalue weighted by molar-refractivity contribution is -0.128. The topological polar surface area (TPSA) is 74.3 Å². The summed E-state index contributed by atoms with van der Waals surface area (Å²) < 4.78 is 26.8. The molecule has 9 heteroatoms. The fourth-order valence-electron chi connectivity index (χ4n) is 1.79. The Morgan fingerprint density at radius 1 is 1.33 bits per heavy atom. The second-order valence-electron chi connectivity index (χ2n) is 5.05. The van der Waals surface area contributed by atoms with Crippen LogP contribution in [-0.4, -0.2) is 28.9 Å². The number of thiazole rings is 1. The summed E-state index contributed by atoms with van der Waals surface area (Å²) in [6.45, 7) is 1.50. The van der Waals surface area contributed by atoms with Gasteiger partial charge in [0, 0.05) is 20.5 Å². The molecule has 1 aromatic carbocycles. The Bertz CT molecular complexity index is 751. The van der Waals surface area contributed by atoms with Crippen molar-refractivity contribution in [3.8, 4) is 0 Å². The summed E-state index contributed by atoms with van der Waals surface area (Å²) in [5.74, 6) is -0.610. The summed E-state index contributed by atoms with van der Waals surface area (Å²) in [5, 5.41) is 4.45. The molecule has 128 valence electrons. The largest absolute Gasteiger partial charge is 0.340 e. The van der Waals surface area contributed by atoms with Crippen molar-refractivity contribution >= 4 is 28.4 Å². The monoisotopic (exact) mass is 354 g/mol. The van der Waals surface area contributed by atoms with Gasteiger partial charge in [0.2, 0.25) is 11.0 Å². The average molecular weight is 354 g/mol. The Labute approximate surface area is 141 Å². The number of anilines is 1. The van der Waals surface area contributed by atoms with Crippen molar-refractivity contribution in [2.45, 2.75) is 20.0 Å². The van der Waals surface area contributed by atoms with Crippen molar-refractivity contribution in [1.82, 2.24) is 15.2 Å². The number of urea groups is 1. The summed E-state index contributed by atoms with van der Waals surface area (Å²) >= 11 is 0.673. The maximum atomic E-state index is 13.8. The van der Waals surface area contributed by atoms with Gasteiger partial charge in [0.05, 0.1) is 6.54 Å². The molecular weight excluding hydrogens is 338 g/mol. The first-order valence-corrected chi connectivity index (χ1v) is 7.83. The molecule has 0 unspecified atom stereocenters. The van der Waals surface area contributed by atoms with E-state index in [1.807, 2.05) is 0 Å². The molecule has 0 saturated carbocycles. The van der Waals surface area contributed by atoms with E-state index in [9.17, 15) is 18.4 Å². The minimum absolute atomic E-state index is 0.0181. The molecule has 0 spiro atoms. The highest BCUT2D eigenvalue weighted by Crippen LogP contribution is 2.22. The molecule has 0 aliphatic rings. The number of rotatable bonds is 5. The van der Waals surface area contributed by atoms with Crippen LogP contribution in [0.5, 0.6) is 0 Å². The van der Waals surface area contributed by atoms with Crippen molar-refractivity contribution in [2.24, 2.45) is 0 Å². The quantitative estimate of drug-likeness (QED) is 0.867. The zero-order chi connectivity index (χ0) is 17.7. The SMILES string of the molecule is CC(=O)N(C)Cc1nc(NC(=O)NCc2cccc(F)c2)sc1F. The predicted molar refractivity (Wildman–Crippen MR) is 86.5 cm³/mol. The van der Waals surface area contributed by atoms with Crippen molar-refractivity contribution in [3.05, 3.63) is 46.5 Å². The number of carbonyl (C=O) groups excluding carboxylic acids is 2. The molecule has 1 heterocycles. The fraction of sp³-hybridized carbons (Fsp3) is 0.267. The van der Waals surface area contributed by atoms with Crippen LogP contribution >= 0.6 is 11.3 Å². The van der Waals surface area contributed by atoms with E-state index in [4.69, 9.17) is 0 Å². The van der Waals surface area contributed by atoms with Gasteiger partial charge in [-0.25, -0.2) is 14.2 Å². The normalized spacial score (nSPS) is 10.3. The lowest BCUT2D eigenvalue weighted by atomic mass is 10.2. The van der Waals surface area contributed by atoms with E-state index in [1.54, 1.807) is 6.07 Å². The number of hydrogen-bond donors (Lipinski definition) is 2. The van der Waals surface area contributed by atoms with E-state index in [1.165, 1.54) is 37.1 Å². The molecule has 3 amide bonds. The zero-order valence-electron chi connectivity index (χ0n) is 13.1. The van der Waals surface area contributed by atoms with Gasteiger partial charge < -0.3 is 10.2 Å². The molecule has 2 aromatic rings. The number of nitrogens with zero attached hydrogens (tertiary/aromatic N) is 2. The number of nitrogens with one attached hydrogen (secondary N) is 2. The van der Waals surface area contributed by atoms with Gasteiger partial charge in [0.15, 0.2) is 5.13 Å². The Morgan fingerprint density at radius 2 is 2.08 bits per heavy atom. The molecule has 2 rings (SSSR count). The molecule has 0 saturated heterocycles.